The summed E-state index contributed by atoms with van der Waals surface area (Å²) in [7, 11) is 1.13. The van der Waals surface area contributed by atoms with E-state index in [1.807, 2.05) is 21.1 Å². The van der Waals surface area contributed by atoms with E-state index in [1.54, 1.807) is 0 Å². The highest BCUT2D eigenvalue weighted by molar-refractivity contribution is 7.45. The quantitative estimate of drug-likeness (QED) is 0.0195. The Bertz CT molecular complexity index is 2060. The van der Waals surface area contributed by atoms with Crippen molar-refractivity contribution < 1.29 is 42.1 Å². The molecular formula is C76H124NO8P. The molecule has 0 amide bonds. The lowest BCUT2D eigenvalue weighted by Crippen LogP contribution is -2.37. The maximum absolute atomic E-state index is 12.9. The molecule has 0 radical (unpaired) electrons. The lowest BCUT2D eigenvalue weighted by Gasteiger charge is -2.28. The normalized spacial score (nSPS) is 14.3. The van der Waals surface area contributed by atoms with Crippen LogP contribution in [0.4, 0.5) is 0 Å². The molecule has 0 saturated carbocycles. The summed E-state index contributed by atoms with van der Waals surface area (Å²) in [6.07, 6.45) is 98.4. The highest BCUT2D eigenvalue weighted by Gasteiger charge is 2.22. The van der Waals surface area contributed by atoms with Gasteiger partial charge >= 0.3 is 11.9 Å². The summed E-state index contributed by atoms with van der Waals surface area (Å²) in [5.74, 6) is -0.862. The van der Waals surface area contributed by atoms with E-state index in [4.69, 9.17) is 18.5 Å². The summed E-state index contributed by atoms with van der Waals surface area (Å²) in [5.41, 5.74) is 0. The molecule has 0 aliphatic carbocycles. The fourth-order valence-corrected chi connectivity index (χ4v) is 9.35. The average molecular weight is 1210 g/mol. The third-order valence-corrected chi connectivity index (χ3v) is 14.7. The topological polar surface area (TPSA) is 111 Å². The zero-order valence-corrected chi connectivity index (χ0v) is 56.1. The minimum absolute atomic E-state index is 0.0432. The van der Waals surface area contributed by atoms with Gasteiger partial charge in [0.2, 0.25) is 0 Å². The van der Waals surface area contributed by atoms with Gasteiger partial charge in [0.1, 0.15) is 19.8 Å². The number of hydrogen-bond donors (Lipinski definition) is 0. The molecule has 0 rings (SSSR count). The molecule has 486 valence electrons. The number of carbonyl (C=O) groups excluding carboxylic acids is 2. The molecule has 0 heterocycles. The lowest BCUT2D eigenvalue weighted by molar-refractivity contribution is -0.870. The van der Waals surface area contributed by atoms with Crippen LogP contribution >= 0.6 is 7.82 Å². The van der Waals surface area contributed by atoms with Gasteiger partial charge in [-0.1, -0.05) is 274 Å². The van der Waals surface area contributed by atoms with E-state index in [0.717, 1.165) is 154 Å². The van der Waals surface area contributed by atoms with Crippen LogP contribution in [0.3, 0.4) is 0 Å². The average Bonchev–Trinajstić information content (AvgIpc) is 3.67. The number of allylic oxidation sites excluding steroid dienone is 28. The molecule has 0 aliphatic rings. The molecule has 86 heavy (non-hydrogen) atoms. The summed E-state index contributed by atoms with van der Waals surface area (Å²) in [4.78, 5) is 38.0. The van der Waals surface area contributed by atoms with E-state index < -0.39 is 32.5 Å². The van der Waals surface area contributed by atoms with Gasteiger partial charge < -0.3 is 27.9 Å². The number of phosphoric acid groups is 1. The first-order chi connectivity index (χ1) is 42.0. The standard InChI is InChI=1S/C76H124NO8P/c1-6-8-10-12-14-16-18-20-22-24-26-28-30-32-33-34-35-36-37-38-39-40-41-42-43-45-47-49-51-53-55-57-59-61-63-65-67-69-76(79)85-74(73-84-86(80,81)83-71-70-77(3,4)5)72-82-75(78)68-66-64-62-60-58-56-54-52-50-48-46-44-31-29-27-25-23-21-19-17-15-13-11-9-7-2/h8-11,14-17,20-23,26-29,32-33,35-36,38-39,41-42,45,47,51,53,74H,6-7,12-13,18-19,24-25,30-31,34,37,40,43-44,46,48-50,52,54-73H2,1-5H3/b10-8-,11-9-,16-14-,17-15-,22-20-,23-21-,28-26-,29-27-,33-32-,36-35-,39-38-,42-41-,47-45-,53-51-. The smallest absolute Gasteiger partial charge is 0.306 e. The molecule has 0 aromatic rings. The van der Waals surface area contributed by atoms with Gasteiger partial charge in [0.05, 0.1) is 27.7 Å². The predicted molar refractivity (Wildman–Crippen MR) is 369 cm³/mol. The van der Waals surface area contributed by atoms with Crippen LogP contribution in [0.25, 0.3) is 0 Å². The minimum atomic E-state index is -4.66. The van der Waals surface area contributed by atoms with Crippen molar-refractivity contribution in [3.63, 3.8) is 0 Å². The van der Waals surface area contributed by atoms with Crippen LogP contribution in [-0.2, 0) is 32.7 Å². The highest BCUT2D eigenvalue weighted by atomic mass is 31.2. The summed E-state index contributed by atoms with van der Waals surface area (Å²) >= 11 is 0. The van der Waals surface area contributed by atoms with Crippen LogP contribution < -0.4 is 4.89 Å². The number of phosphoric ester groups is 1. The number of esters is 2. The van der Waals surface area contributed by atoms with Crippen molar-refractivity contribution >= 4 is 19.8 Å². The molecule has 0 saturated heterocycles. The van der Waals surface area contributed by atoms with E-state index >= 15 is 0 Å². The van der Waals surface area contributed by atoms with Gasteiger partial charge in [-0.15, -0.1) is 0 Å². The Hall–Kier alpha value is -4.63. The number of nitrogens with zero attached hydrogens (tertiary/aromatic N) is 1. The number of ether oxygens (including phenoxy) is 2. The van der Waals surface area contributed by atoms with Gasteiger partial charge in [0.15, 0.2) is 6.10 Å². The van der Waals surface area contributed by atoms with Gasteiger partial charge in [0, 0.05) is 12.8 Å². The van der Waals surface area contributed by atoms with Gasteiger partial charge in [-0.3, -0.25) is 14.2 Å². The molecule has 0 aromatic heterocycles. The van der Waals surface area contributed by atoms with E-state index in [-0.39, 0.29) is 26.1 Å². The van der Waals surface area contributed by atoms with E-state index in [1.165, 1.54) is 57.8 Å². The van der Waals surface area contributed by atoms with Crippen molar-refractivity contribution in [1.29, 1.82) is 0 Å². The van der Waals surface area contributed by atoms with Crippen LogP contribution in [0, 0.1) is 0 Å². The molecule has 0 aromatic carbocycles. The third-order valence-electron chi connectivity index (χ3n) is 13.7. The van der Waals surface area contributed by atoms with Crippen molar-refractivity contribution in [1.82, 2.24) is 0 Å². The first kappa shape index (κ1) is 81.4. The van der Waals surface area contributed by atoms with Gasteiger partial charge in [-0.2, -0.15) is 0 Å². The summed E-state index contributed by atoms with van der Waals surface area (Å²) in [6.45, 7) is 3.98. The monoisotopic (exact) mass is 1210 g/mol. The summed E-state index contributed by atoms with van der Waals surface area (Å²) in [5, 5.41) is 0. The second kappa shape index (κ2) is 64.8. The number of hydrogen-bond acceptors (Lipinski definition) is 8. The molecule has 10 heteroatoms. The van der Waals surface area contributed by atoms with Crippen molar-refractivity contribution in [3.05, 3.63) is 170 Å². The second-order valence-electron chi connectivity index (χ2n) is 23.1. The maximum atomic E-state index is 12.9. The Morgan fingerprint density at radius 2 is 0.628 bits per heavy atom. The first-order valence-electron chi connectivity index (χ1n) is 33.8. The molecule has 0 bridgehead atoms. The molecular weight excluding hydrogens is 1090 g/mol. The Balaban J connectivity index is 4.18. The first-order valence-corrected chi connectivity index (χ1v) is 35.3. The number of quaternary nitrogens is 1. The van der Waals surface area contributed by atoms with Crippen LogP contribution in [0.1, 0.15) is 245 Å². The Morgan fingerprint density at radius 1 is 0.360 bits per heavy atom. The fraction of sp³-hybridized carbons (Fsp3) is 0.605. The highest BCUT2D eigenvalue weighted by Crippen LogP contribution is 2.38. The zero-order chi connectivity index (χ0) is 62.6. The third kappa shape index (κ3) is 68.5. The zero-order valence-electron chi connectivity index (χ0n) is 55.2. The Morgan fingerprint density at radius 3 is 0.930 bits per heavy atom. The second-order valence-corrected chi connectivity index (χ2v) is 24.5. The van der Waals surface area contributed by atoms with Crippen molar-refractivity contribution in [2.24, 2.45) is 0 Å². The van der Waals surface area contributed by atoms with Gasteiger partial charge in [0.25, 0.3) is 7.82 Å². The van der Waals surface area contributed by atoms with Crippen molar-refractivity contribution in [3.8, 4) is 0 Å². The number of rotatable bonds is 60. The summed E-state index contributed by atoms with van der Waals surface area (Å²) < 4.78 is 34.3. The Labute approximate surface area is 528 Å². The SMILES string of the molecule is CC/C=C\C/C=C\C/C=C\C/C=C\C/C=C\C/C=C\C/C=C\C/C=C\C/C=C\C/C=C\CCCCCCCCC(=O)OC(COC(=O)CCCCCCCCCCCCCC/C=C\C/C=C\C/C=C\C/C=C\CC)COP(=O)([O-])OCC[N+](C)(C)C. The molecule has 0 aliphatic heterocycles. The van der Waals surface area contributed by atoms with Gasteiger partial charge in [-0.05, 0) is 128 Å². The van der Waals surface area contributed by atoms with Gasteiger partial charge in [-0.25, -0.2) is 0 Å². The van der Waals surface area contributed by atoms with E-state index in [0.29, 0.717) is 17.4 Å². The van der Waals surface area contributed by atoms with Crippen LogP contribution in [0.2, 0.25) is 0 Å². The molecule has 2 atom stereocenters. The lowest BCUT2D eigenvalue weighted by atomic mass is 10.0. The van der Waals surface area contributed by atoms with Crippen LogP contribution in [-0.4, -0.2) is 70.0 Å². The molecule has 0 N–H and O–H groups in total. The van der Waals surface area contributed by atoms with Crippen LogP contribution in [0.5, 0.6) is 0 Å². The number of likely N-dealkylation sites (N-methyl/N-ethyl adjacent to an activating group) is 1. The molecule has 0 spiro atoms. The maximum Gasteiger partial charge on any atom is 0.306 e. The molecule has 0 fully saturated rings. The molecule has 2 unspecified atom stereocenters. The van der Waals surface area contributed by atoms with E-state index in [2.05, 4.69) is 184 Å². The van der Waals surface area contributed by atoms with Crippen LogP contribution in [0.15, 0.2) is 170 Å². The molecule has 9 nitrogen and oxygen atoms in total. The minimum Gasteiger partial charge on any atom is -0.756 e. The van der Waals surface area contributed by atoms with Crippen molar-refractivity contribution in [2.45, 2.75) is 251 Å². The number of unbranched alkanes of at least 4 members (excludes halogenated alkanes) is 18. The Kier molecular flexibility index (Phi) is 61.3. The fourth-order valence-electron chi connectivity index (χ4n) is 8.62. The predicted octanol–water partition coefficient (Wildman–Crippen LogP) is 21.5. The summed E-state index contributed by atoms with van der Waals surface area (Å²) in [6, 6.07) is 0. The van der Waals surface area contributed by atoms with E-state index in [9.17, 15) is 19.0 Å². The van der Waals surface area contributed by atoms with Crippen molar-refractivity contribution in [2.75, 3.05) is 47.5 Å². The number of carbonyl (C=O) groups is 2. The largest absolute Gasteiger partial charge is 0.756 e.